The maximum Gasteiger partial charge on any atom is 0.128 e. The molecule has 1 saturated carbocycles. The van der Waals surface area contributed by atoms with Gasteiger partial charge in [-0.25, -0.2) is 0 Å². The molecule has 1 aliphatic carbocycles. The Kier molecular flexibility index (Phi) is 9.66. The van der Waals surface area contributed by atoms with Gasteiger partial charge in [-0.2, -0.15) is 0 Å². The molecule has 0 aliphatic heterocycles. The van der Waals surface area contributed by atoms with E-state index in [9.17, 15) is 1.37 Å². The van der Waals surface area contributed by atoms with Crippen molar-refractivity contribution in [3.05, 3.63) is 162 Å². The molecule has 0 N–H and O–H groups in total. The van der Waals surface area contributed by atoms with Gasteiger partial charge in [0.25, 0.3) is 0 Å². The van der Waals surface area contributed by atoms with E-state index in [0.29, 0.717) is 44.3 Å². The van der Waals surface area contributed by atoms with Crippen molar-refractivity contribution in [3.63, 3.8) is 0 Å². The molecule has 301 valence electrons. The van der Waals surface area contributed by atoms with Crippen LogP contribution in [0.2, 0.25) is 19.6 Å². The number of fused-ring (bicyclic) bond motifs is 3. The third-order valence-corrected chi connectivity index (χ3v) is 13.4. The smallest absolute Gasteiger partial charge is 0.128 e. The van der Waals surface area contributed by atoms with E-state index in [1.165, 1.54) is 22.5 Å². The van der Waals surface area contributed by atoms with Crippen LogP contribution in [0.4, 0.5) is 0 Å². The molecule has 0 amide bonds. The number of pyridine rings is 2. The van der Waals surface area contributed by atoms with Gasteiger partial charge in [-0.15, -0.1) is 53.6 Å². The SMILES string of the molecule is C[Si](C)(C)c1ccc(-c2[c-]ccc(-c3ccccc3)c2)nc1.[2H]Cc1cc(-c2[c-]ccc3c2oc2c(-c4cccc(C5([2H])CCC(C)(C)CC5)c4)cc(C([2H])([2H])[2H])cc23)ncc1C([2H])([2H])[2H].[Ir]. The molecule has 3 aromatic heterocycles. The summed E-state index contributed by atoms with van der Waals surface area (Å²) >= 11 is 0. The molecule has 0 saturated heterocycles. The molecule has 5 aromatic carbocycles. The first-order valence-electron chi connectivity index (χ1n) is 24.2. The summed E-state index contributed by atoms with van der Waals surface area (Å²) in [6, 6.07) is 43.7. The minimum absolute atomic E-state index is 0. The van der Waals surface area contributed by atoms with Gasteiger partial charge in [-0.3, -0.25) is 0 Å². The predicted molar refractivity (Wildman–Crippen MR) is 247 cm³/mol. The summed E-state index contributed by atoms with van der Waals surface area (Å²) in [5.41, 5.74) is 9.39. The van der Waals surface area contributed by atoms with Crippen LogP contribution < -0.4 is 5.19 Å². The van der Waals surface area contributed by atoms with Gasteiger partial charge < -0.3 is 14.4 Å². The second-order valence-corrected chi connectivity index (χ2v) is 22.3. The van der Waals surface area contributed by atoms with E-state index >= 15 is 0 Å². The van der Waals surface area contributed by atoms with Crippen molar-refractivity contribution in [1.82, 2.24) is 9.97 Å². The average Bonchev–Trinajstić information content (AvgIpc) is 3.68. The molecule has 1 fully saturated rings. The van der Waals surface area contributed by atoms with Gasteiger partial charge in [0.15, 0.2) is 0 Å². The first kappa shape index (κ1) is 32.9. The third-order valence-electron chi connectivity index (χ3n) is 11.4. The minimum atomic E-state index is -2.39. The fourth-order valence-electron chi connectivity index (χ4n) is 7.73. The number of aromatic nitrogens is 2. The summed E-state index contributed by atoms with van der Waals surface area (Å²) < 4.78 is 71.9. The van der Waals surface area contributed by atoms with E-state index in [-0.39, 0.29) is 43.5 Å². The van der Waals surface area contributed by atoms with Crippen LogP contribution in [-0.4, -0.2) is 18.0 Å². The summed E-state index contributed by atoms with van der Waals surface area (Å²) in [6.07, 6.45) is 6.76. The normalized spacial score (nSPS) is 17.0. The Morgan fingerprint density at radius 2 is 1.49 bits per heavy atom. The molecule has 0 unspecified atom stereocenters. The predicted octanol–water partition coefficient (Wildman–Crippen LogP) is 14.5. The quantitative estimate of drug-likeness (QED) is 0.123. The van der Waals surface area contributed by atoms with Gasteiger partial charge in [-0.1, -0.05) is 123 Å². The standard InChI is InChI=1S/C34H34NO.C20H20NSi.Ir/c1-21-16-29(26-9-6-8-25(19-26)24-12-14-34(4,5)15-13-24)33-30(17-21)27-10-7-11-28(32(27)36-33)31-18-22(2)23(3)20-35-31;1-22(2,3)19-12-13-20(21-15-19)18-11-7-10-17(14-18)16-8-5-4-6-9-16;/h6-10,16-20,24H,12-15H2,1-5H3;4-10,12-15H,1-3H3;/q2*-1;/i1D3,2D,3D3,24D;;. The van der Waals surface area contributed by atoms with Crippen molar-refractivity contribution in [2.45, 2.75) is 85.7 Å². The van der Waals surface area contributed by atoms with Crippen LogP contribution in [0, 0.1) is 38.2 Å². The molecule has 5 heteroatoms. The second-order valence-electron chi connectivity index (χ2n) is 17.2. The number of aryl methyl sites for hydroxylation is 3. The Labute approximate surface area is 377 Å². The van der Waals surface area contributed by atoms with E-state index in [4.69, 9.17) is 14.0 Å². The van der Waals surface area contributed by atoms with Crippen molar-refractivity contribution in [1.29, 1.82) is 0 Å². The molecule has 1 aliphatic rings. The second kappa shape index (κ2) is 17.3. The average molecular weight is 975 g/mol. The fraction of sp³-hybridized carbons (Fsp3) is 0.259. The zero-order valence-corrected chi connectivity index (χ0v) is 37.7. The first-order valence-corrected chi connectivity index (χ1v) is 23.5. The van der Waals surface area contributed by atoms with E-state index < -0.39 is 27.7 Å². The first-order chi connectivity index (χ1) is 31.1. The number of hydrogen-bond acceptors (Lipinski definition) is 3. The number of hydrogen-bond donors (Lipinski definition) is 0. The summed E-state index contributed by atoms with van der Waals surface area (Å²) in [4.78, 5) is 9.07. The molecule has 9 rings (SSSR count). The third kappa shape index (κ3) is 9.29. The van der Waals surface area contributed by atoms with Crippen LogP contribution in [0.25, 0.3) is 66.7 Å². The van der Waals surface area contributed by atoms with E-state index in [1.807, 2.05) is 48.7 Å². The minimum Gasteiger partial charge on any atom is -0.500 e. The Balaban J connectivity index is 0.000000243. The van der Waals surface area contributed by atoms with Crippen LogP contribution in [0.5, 0.6) is 0 Å². The monoisotopic (exact) mass is 975 g/mol. The van der Waals surface area contributed by atoms with E-state index in [1.54, 1.807) is 24.3 Å². The Bertz CT molecular complexity index is 3020. The zero-order valence-electron chi connectivity index (χ0n) is 42.3. The van der Waals surface area contributed by atoms with Crippen molar-refractivity contribution in [2.75, 3.05) is 0 Å². The largest absolute Gasteiger partial charge is 0.500 e. The van der Waals surface area contributed by atoms with Crippen LogP contribution in [-0.2, 0) is 20.1 Å². The maximum absolute atomic E-state index is 9.33. The van der Waals surface area contributed by atoms with Gasteiger partial charge in [0.1, 0.15) is 5.58 Å². The molecule has 3 nitrogen and oxygen atoms in total. The maximum atomic E-state index is 9.33. The number of furan rings is 1. The number of nitrogens with zero attached hydrogens (tertiary/aromatic N) is 2. The fourth-order valence-corrected chi connectivity index (χ4v) is 8.76. The van der Waals surface area contributed by atoms with Crippen LogP contribution >= 0.6 is 0 Å². The van der Waals surface area contributed by atoms with Gasteiger partial charge in [-0.05, 0) is 114 Å². The Morgan fingerprint density at radius 1 is 0.712 bits per heavy atom. The molecule has 8 aromatic rings. The molecule has 0 atom stereocenters. The zero-order chi connectivity index (χ0) is 47.2. The van der Waals surface area contributed by atoms with E-state index in [0.717, 1.165) is 48.1 Å². The number of benzene rings is 5. The van der Waals surface area contributed by atoms with Crippen molar-refractivity contribution in [2.24, 2.45) is 5.41 Å². The van der Waals surface area contributed by atoms with Crippen LogP contribution in [0.15, 0.2) is 132 Å². The van der Waals surface area contributed by atoms with Crippen LogP contribution in [0.3, 0.4) is 0 Å². The summed E-state index contributed by atoms with van der Waals surface area (Å²) in [7, 11) is -1.29. The Hall–Kier alpha value is -4.93. The molecule has 0 spiro atoms. The molecular weight excluding hydrogens is 913 g/mol. The summed E-state index contributed by atoms with van der Waals surface area (Å²) in [6.45, 7) is 6.53. The van der Waals surface area contributed by atoms with Gasteiger partial charge >= 0.3 is 0 Å². The molecule has 59 heavy (non-hydrogen) atoms. The summed E-state index contributed by atoms with van der Waals surface area (Å²) in [5, 5.41) is 2.69. The van der Waals surface area contributed by atoms with Crippen LogP contribution in [0.1, 0.15) is 78.6 Å². The molecule has 0 bridgehead atoms. The van der Waals surface area contributed by atoms with Crippen molar-refractivity contribution in [3.8, 4) is 44.8 Å². The van der Waals surface area contributed by atoms with Gasteiger partial charge in [0.2, 0.25) is 0 Å². The van der Waals surface area contributed by atoms with Gasteiger partial charge in [0, 0.05) is 54.4 Å². The van der Waals surface area contributed by atoms with Gasteiger partial charge in [0.05, 0.1) is 13.7 Å². The van der Waals surface area contributed by atoms with E-state index in [2.05, 4.69) is 104 Å². The molecular formula is C54H54IrN2OSi-2. The summed E-state index contributed by atoms with van der Waals surface area (Å²) in [5.74, 6) is -0.718. The van der Waals surface area contributed by atoms with Crippen molar-refractivity contribution >= 4 is 35.2 Å². The van der Waals surface area contributed by atoms with Crippen molar-refractivity contribution < 1.29 is 35.5 Å². The Morgan fingerprint density at radius 3 is 2.22 bits per heavy atom. The number of rotatable bonds is 6. The molecule has 1 radical (unpaired) electrons. The topological polar surface area (TPSA) is 38.9 Å². The molecule has 3 heterocycles.